The molecule has 3 aromatic heterocycles. The number of hydrogen-bond acceptors (Lipinski definition) is 5. The Morgan fingerprint density at radius 3 is 2.74 bits per heavy atom. The highest BCUT2D eigenvalue weighted by molar-refractivity contribution is 7.17. The number of methoxy groups -OCH3 is 1. The average Bonchev–Trinajstić information content (AvgIpc) is 3.60. The lowest BCUT2D eigenvalue weighted by atomic mass is 9.95. The minimum atomic E-state index is -0.233. The van der Waals surface area contributed by atoms with Crippen molar-refractivity contribution in [3.8, 4) is 22.8 Å². The van der Waals surface area contributed by atoms with Gasteiger partial charge in [-0.25, -0.2) is 9.67 Å². The van der Waals surface area contributed by atoms with E-state index in [2.05, 4.69) is 15.4 Å². The quantitative estimate of drug-likeness (QED) is 0.350. The molecule has 1 aliphatic rings. The number of ether oxygens (including phenoxy) is 1. The third-order valence-corrected chi connectivity index (χ3v) is 7.39. The number of carbonyl (C=O) groups excluding carboxylic acids is 1. The lowest BCUT2D eigenvalue weighted by Gasteiger charge is -2.11. The number of aryl methyl sites for hydroxylation is 1. The van der Waals surface area contributed by atoms with Crippen LogP contribution in [-0.2, 0) is 12.8 Å². The van der Waals surface area contributed by atoms with Gasteiger partial charge in [0.15, 0.2) is 5.69 Å². The van der Waals surface area contributed by atoms with E-state index in [1.807, 2.05) is 48.5 Å². The predicted octanol–water partition coefficient (Wildman–Crippen LogP) is 5.62. The molecule has 2 N–H and O–H groups in total. The van der Waals surface area contributed by atoms with Crippen molar-refractivity contribution in [2.75, 3.05) is 12.4 Å². The summed E-state index contributed by atoms with van der Waals surface area (Å²) in [6.45, 7) is 0. The van der Waals surface area contributed by atoms with Gasteiger partial charge >= 0.3 is 0 Å². The zero-order valence-corrected chi connectivity index (χ0v) is 19.5. The number of aromatic nitrogens is 4. The molecule has 5 aromatic rings. The van der Waals surface area contributed by atoms with Crippen molar-refractivity contribution < 1.29 is 9.53 Å². The summed E-state index contributed by atoms with van der Waals surface area (Å²) >= 11 is 1.66. The van der Waals surface area contributed by atoms with Crippen molar-refractivity contribution in [3.63, 3.8) is 0 Å². The number of aromatic amines is 1. The van der Waals surface area contributed by atoms with Crippen LogP contribution in [0.25, 0.3) is 28.1 Å². The molecule has 7 nitrogen and oxygen atoms in total. The van der Waals surface area contributed by atoms with Crippen molar-refractivity contribution in [1.82, 2.24) is 19.7 Å². The van der Waals surface area contributed by atoms with Gasteiger partial charge in [0.2, 0.25) is 0 Å². The number of rotatable bonds is 5. The van der Waals surface area contributed by atoms with Crippen LogP contribution in [0.4, 0.5) is 5.00 Å². The topological polar surface area (TPSA) is 84.8 Å². The first-order valence-corrected chi connectivity index (χ1v) is 12.1. The Morgan fingerprint density at radius 1 is 1.09 bits per heavy atom. The van der Waals surface area contributed by atoms with Crippen LogP contribution in [0.15, 0.2) is 60.8 Å². The van der Waals surface area contributed by atoms with Gasteiger partial charge in [0.1, 0.15) is 16.6 Å². The Labute approximate surface area is 200 Å². The van der Waals surface area contributed by atoms with E-state index in [9.17, 15) is 4.79 Å². The maximum Gasteiger partial charge on any atom is 0.276 e. The smallest absolute Gasteiger partial charge is 0.276 e. The molecule has 34 heavy (non-hydrogen) atoms. The fourth-order valence-corrected chi connectivity index (χ4v) is 5.75. The van der Waals surface area contributed by atoms with Gasteiger partial charge in [-0.15, -0.1) is 11.3 Å². The number of carbonyl (C=O) groups is 1. The highest BCUT2D eigenvalue weighted by atomic mass is 32.1. The van der Waals surface area contributed by atoms with Gasteiger partial charge in [0.25, 0.3) is 5.91 Å². The molecule has 0 radical (unpaired) electrons. The highest BCUT2D eigenvalue weighted by Gasteiger charge is 2.25. The number of thiophene rings is 1. The van der Waals surface area contributed by atoms with E-state index in [0.29, 0.717) is 5.69 Å². The second-order valence-corrected chi connectivity index (χ2v) is 9.42. The van der Waals surface area contributed by atoms with Crippen LogP contribution in [0, 0.1) is 0 Å². The van der Waals surface area contributed by atoms with E-state index >= 15 is 0 Å². The highest BCUT2D eigenvalue weighted by Crippen LogP contribution is 2.43. The number of fused-ring (bicyclic) bond motifs is 2. The van der Waals surface area contributed by atoms with Crippen molar-refractivity contribution >= 4 is 33.3 Å². The largest absolute Gasteiger partial charge is 0.497 e. The molecule has 0 aliphatic heterocycles. The zero-order chi connectivity index (χ0) is 23.1. The predicted molar refractivity (Wildman–Crippen MR) is 134 cm³/mol. The van der Waals surface area contributed by atoms with Crippen LogP contribution >= 0.6 is 11.3 Å². The number of amides is 1. The van der Waals surface area contributed by atoms with E-state index < -0.39 is 0 Å². The molecule has 0 atom stereocenters. The number of imidazole rings is 1. The van der Waals surface area contributed by atoms with Gasteiger partial charge in [0.05, 0.1) is 29.4 Å². The van der Waals surface area contributed by atoms with Gasteiger partial charge in [0, 0.05) is 11.1 Å². The van der Waals surface area contributed by atoms with Crippen LogP contribution in [0.5, 0.6) is 5.75 Å². The fraction of sp³-hybridized carbons (Fsp3) is 0.192. The van der Waals surface area contributed by atoms with Crippen LogP contribution in [-0.4, -0.2) is 32.8 Å². The van der Waals surface area contributed by atoms with E-state index in [1.54, 1.807) is 35.4 Å². The standard InChI is InChI=1S/C26H23N5O2S/c1-33-17-12-10-16(11-13-17)31-15-14-21(30-31)25(32)29-26-23(18-6-2-5-9-22(18)34-26)24-27-19-7-3-4-8-20(19)28-24/h3-4,7-8,10-15H,2,5-6,9H2,1H3,(H,27,28)(H,29,32). The molecule has 0 unspecified atom stereocenters. The number of hydrogen-bond donors (Lipinski definition) is 2. The average molecular weight is 470 g/mol. The van der Waals surface area contributed by atoms with Crippen LogP contribution in [0.1, 0.15) is 33.8 Å². The lowest BCUT2D eigenvalue weighted by molar-refractivity contribution is 0.102. The first-order valence-electron chi connectivity index (χ1n) is 11.3. The molecule has 0 fully saturated rings. The molecule has 0 saturated heterocycles. The summed E-state index contributed by atoms with van der Waals surface area (Å²) in [6, 6.07) is 17.3. The van der Waals surface area contributed by atoms with Crippen LogP contribution in [0.2, 0.25) is 0 Å². The second kappa shape index (κ2) is 8.46. The monoisotopic (exact) mass is 469 g/mol. The molecule has 0 spiro atoms. The Morgan fingerprint density at radius 2 is 1.91 bits per heavy atom. The van der Waals surface area contributed by atoms with Crippen LogP contribution < -0.4 is 10.1 Å². The third-order valence-electron chi connectivity index (χ3n) is 6.18. The minimum Gasteiger partial charge on any atom is -0.497 e. The van der Waals surface area contributed by atoms with Crippen molar-refractivity contribution in [2.45, 2.75) is 25.7 Å². The molecular weight excluding hydrogens is 446 g/mol. The van der Waals surface area contributed by atoms with Gasteiger partial charge < -0.3 is 15.0 Å². The Hall–Kier alpha value is -3.91. The number of benzene rings is 2. The molecule has 8 heteroatoms. The van der Waals surface area contributed by atoms with E-state index in [1.165, 1.54) is 16.9 Å². The number of para-hydroxylation sites is 2. The fourth-order valence-electron chi connectivity index (χ4n) is 4.47. The maximum atomic E-state index is 13.2. The summed E-state index contributed by atoms with van der Waals surface area (Å²) in [5, 5.41) is 8.46. The molecule has 1 aliphatic carbocycles. The summed E-state index contributed by atoms with van der Waals surface area (Å²) in [4.78, 5) is 22.8. The van der Waals surface area contributed by atoms with Crippen molar-refractivity contribution in [2.24, 2.45) is 0 Å². The van der Waals surface area contributed by atoms with E-state index in [0.717, 1.165) is 58.1 Å². The molecule has 1 amide bonds. The Bertz CT molecular complexity index is 1460. The first kappa shape index (κ1) is 20.7. The van der Waals surface area contributed by atoms with Gasteiger partial charge in [-0.05, 0) is 73.7 Å². The molecule has 3 heterocycles. The summed E-state index contributed by atoms with van der Waals surface area (Å²) in [5.41, 5.74) is 5.44. The van der Waals surface area contributed by atoms with Crippen LogP contribution in [0.3, 0.4) is 0 Å². The van der Waals surface area contributed by atoms with Gasteiger partial charge in [-0.1, -0.05) is 12.1 Å². The van der Waals surface area contributed by atoms with Gasteiger partial charge in [-0.3, -0.25) is 4.79 Å². The molecule has 170 valence electrons. The lowest BCUT2D eigenvalue weighted by Crippen LogP contribution is -2.13. The number of anilines is 1. The summed E-state index contributed by atoms with van der Waals surface area (Å²) in [7, 11) is 1.63. The molecule has 0 saturated carbocycles. The number of nitrogens with zero attached hydrogens (tertiary/aromatic N) is 3. The summed E-state index contributed by atoms with van der Waals surface area (Å²) < 4.78 is 6.90. The summed E-state index contributed by atoms with van der Waals surface area (Å²) in [6.07, 6.45) is 6.15. The van der Waals surface area contributed by atoms with Gasteiger partial charge in [-0.2, -0.15) is 5.10 Å². The Balaban J connectivity index is 1.33. The van der Waals surface area contributed by atoms with Crippen molar-refractivity contribution in [3.05, 3.63) is 76.9 Å². The minimum absolute atomic E-state index is 0.233. The van der Waals surface area contributed by atoms with E-state index in [4.69, 9.17) is 9.72 Å². The maximum absolute atomic E-state index is 13.2. The summed E-state index contributed by atoms with van der Waals surface area (Å²) in [5.74, 6) is 1.34. The third kappa shape index (κ3) is 3.66. The normalized spacial score (nSPS) is 13.1. The molecule has 6 rings (SSSR count). The second-order valence-electron chi connectivity index (χ2n) is 8.32. The SMILES string of the molecule is COc1ccc(-n2ccc(C(=O)Nc3sc4c(c3-c3nc5ccccc5[nH]3)CCCC4)n2)cc1. The molecule has 0 bridgehead atoms. The van der Waals surface area contributed by atoms with E-state index in [-0.39, 0.29) is 5.91 Å². The zero-order valence-electron chi connectivity index (χ0n) is 18.7. The number of H-pyrrole nitrogens is 1. The molecule has 2 aromatic carbocycles. The Kier molecular flexibility index (Phi) is 5.15. The molecular formula is C26H23N5O2S. The van der Waals surface area contributed by atoms with Crippen molar-refractivity contribution in [1.29, 1.82) is 0 Å². The first-order chi connectivity index (χ1) is 16.7. The number of nitrogens with one attached hydrogen (secondary N) is 2.